The monoisotopic (exact) mass is 555 g/mol. The van der Waals surface area contributed by atoms with Gasteiger partial charge < -0.3 is 15.7 Å². The number of benzene rings is 3. The van der Waals surface area contributed by atoms with Crippen LogP contribution in [-0.4, -0.2) is 34.1 Å². The summed E-state index contributed by atoms with van der Waals surface area (Å²) in [5, 5.41) is 17.2. The number of aliphatic hydroxyl groups excluding tert-OH is 1. The van der Waals surface area contributed by atoms with E-state index in [-0.39, 0.29) is 23.7 Å². The first-order valence-electron chi connectivity index (χ1n) is 12.3. The molecule has 0 saturated heterocycles. The lowest BCUT2D eigenvalue weighted by Crippen LogP contribution is -2.48. The zero-order valence-corrected chi connectivity index (χ0v) is 22.3. The Labute approximate surface area is 229 Å². The average Bonchev–Trinajstić information content (AvgIpc) is 3.29. The fourth-order valence-corrected chi connectivity index (χ4v) is 5.35. The van der Waals surface area contributed by atoms with Gasteiger partial charge >= 0.3 is 0 Å². The van der Waals surface area contributed by atoms with Crippen molar-refractivity contribution in [1.82, 2.24) is 15.0 Å². The van der Waals surface area contributed by atoms with Crippen molar-refractivity contribution in [2.75, 3.05) is 6.54 Å². The molecule has 1 aromatic heterocycles. The summed E-state index contributed by atoms with van der Waals surface area (Å²) in [7, 11) is 0. The molecule has 0 aliphatic rings. The number of nitrogens with zero attached hydrogens (tertiary/aromatic N) is 1. The maximum atomic E-state index is 13.9. The zero-order valence-electron chi connectivity index (χ0n) is 20.8. The molecule has 4 aromatic rings. The fraction of sp³-hybridized carbons (Fsp3) is 0.241. The molecule has 2 atom stereocenters. The normalized spacial score (nSPS) is 12.8. The van der Waals surface area contributed by atoms with Crippen molar-refractivity contribution in [3.05, 3.63) is 112 Å². The van der Waals surface area contributed by atoms with Gasteiger partial charge in [-0.1, -0.05) is 73.1 Å². The minimum atomic E-state index is -1.06. The Bertz CT molecular complexity index is 1360. The maximum Gasteiger partial charge on any atom is 0.256 e. The van der Waals surface area contributed by atoms with E-state index in [0.29, 0.717) is 17.0 Å². The number of carbonyl (C=O) groups excluding carboxylic acids is 1. The van der Waals surface area contributed by atoms with Gasteiger partial charge in [0.05, 0.1) is 22.6 Å². The molecule has 38 heavy (non-hydrogen) atoms. The zero-order chi connectivity index (χ0) is 27.1. The van der Waals surface area contributed by atoms with Gasteiger partial charge in [-0.15, -0.1) is 0 Å². The van der Waals surface area contributed by atoms with E-state index in [4.69, 9.17) is 11.6 Å². The summed E-state index contributed by atoms with van der Waals surface area (Å²) in [5.74, 6) is -1.99. The van der Waals surface area contributed by atoms with Crippen LogP contribution in [0.3, 0.4) is 0 Å². The number of amides is 1. The second-order valence-corrected chi connectivity index (χ2v) is 10.1. The Morgan fingerprint density at radius 2 is 1.71 bits per heavy atom. The highest BCUT2D eigenvalue weighted by Gasteiger charge is 2.27. The first-order chi connectivity index (χ1) is 18.3. The standard InChI is InChI=1S/C29H28ClF2N3O2S/c1-2-18-7-6-8-19(11-18)16-33-17-25(36)24(14-20-12-22(31)15-23(32)13-20)34-29(37)26-27(38-35-28(26)30)21-9-4-3-5-10-21/h3-13,15,24-25,33,36H,2,14,16-17H2,1H3,(H,34,37). The fourth-order valence-electron chi connectivity index (χ4n) is 4.23. The molecule has 3 aromatic carbocycles. The third kappa shape index (κ3) is 7.23. The summed E-state index contributed by atoms with van der Waals surface area (Å²) in [6, 6.07) is 19.7. The van der Waals surface area contributed by atoms with Crippen molar-refractivity contribution < 1.29 is 18.7 Å². The predicted molar refractivity (Wildman–Crippen MR) is 147 cm³/mol. The van der Waals surface area contributed by atoms with E-state index in [0.717, 1.165) is 35.1 Å². The Balaban J connectivity index is 1.53. The van der Waals surface area contributed by atoms with Gasteiger partial charge in [0.2, 0.25) is 0 Å². The van der Waals surface area contributed by atoms with Gasteiger partial charge in [0, 0.05) is 19.2 Å². The van der Waals surface area contributed by atoms with Gasteiger partial charge in [-0.2, -0.15) is 4.37 Å². The number of hydrogen-bond donors (Lipinski definition) is 3. The highest BCUT2D eigenvalue weighted by atomic mass is 35.5. The van der Waals surface area contributed by atoms with Gasteiger partial charge in [-0.25, -0.2) is 8.78 Å². The van der Waals surface area contributed by atoms with Crippen LogP contribution >= 0.6 is 23.1 Å². The van der Waals surface area contributed by atoms with E-state index in [1.54, 1.807) is 0 Å². The first-order valence-corrected chi connectivity index (χ1v) is 13.4. The molecule has 0 saturated carbocycles. The second-order valence-electron chi connectivity index (χ2n) is 8.98. The Kier molecular flexibility index (Phi) is 9.58. The van der Waals surface area contributed by atoms with Gasteiger partial charge in [0.15, 0.2) is 5.15 Å². The summed E-state index contributed by atoms with van der Waals surface area (Å²) in [5.41, 5.74) is 3.55. The van der Waals surface area contributed by atoms with Crippen LogP contribution in [0.25, 0.3) is 10.4 Å². The quantitative estimate of drug-likeness (QED) is 0.219. The molecule has 198 valence electrons. The number of aryl methyl sites for hydroxylation is 1. The molecule has 3 N–H and O–H groups in total. The Morgan fingerprint density at radius 1 is 1.00 bits per heavy atom. The summed E-state index contributed by atoms with van der Waals surface area (Å²) in [4.78, 5) is 14.0. The highest BCUT2D eigenvalue weighted by molar-refractivity contribution is 7.10. The van der Waals surface area contributed by atoms with Crippen LogP contribution in [0.4, 0.5) is 8.78 Å². The molecule has 5 nitrogen and oxygen atoms in total. The van der Waals surface area contributed by atoms with E-state index in [9.17, 15) is 18.7 Å². The SMILES string of the molecule is CCc1cccc(CNCC(O)C(Cc2cc(F)cc(F)c2)NC(=O)c2c(Cl)nsc2-c2ccccc2)c1. The maximum absolute atomic E-state index is 13.9. The third-order valence-electron chi connectivity index (χ3n) is 6.15. The minimum Gasteiger partial charge on any atom is -0.390 e. The number of halogens is 3. The molecule has 4 rings (SSSR count). The Hall–Kier alpha value is -3.17. The Morgan fingerprint density at radius 3 is 2.42 bits per heavy atom. The van der Waals surface area contributed by atoms with Crippen LogP contribution in [0.2, 0.25) is 5.15 Å². The third-order valence-corrected chi connectivity index (χ3v) is 7.42. The molecule has 2 unspecified atom stereocenters. The van der Waals surface area contributed by atoms with Crippen LogP contribution < -0.4 is 10.6 Å². The predicted octanol–water partition coefficient (Wildman–Crippen LogP) is 5.80. The number of carbonyl (C=O) groups is 1. The highest BCUT2D eigenvalue weighted by Crippen LogP contribution is 2.33. The van der Waals surface area contributed by atoms with E-state index in [1.807, 2.05) is 42.5 Å². The van der Waals surface area contributed by atoms with Crippen LogP contribution in [0.1, 0.15) is 34.0 Å². The van der Waals surface area contributed by atoms with Gasteiger partial charge in [0.25, 0.3) is 5.91 Å². The van der Waals surface area contributed by atoms with E-state index >= 15 is 0 Å². The largest absolute Gasteiger partial charge is 0.390 e. The average molecular weight is 556 g/mol. The molecular formula is C29H28ClF2N3O2S. The van der Waals surface area contributed by atoms with Gasteiger partial charge in [-0.3, -0.25) is 4.79 Å². The molecule has 1 heterocycles. The second kappa shape index (κ2) is 13.1. The van der Waals surface area contributed by atoms with Crippen LogP contribution in [0.15, 0.2) is 72.8 Å². The summed E-state index contributed by atoms with van der Waals surface area (Å²) < 4.78 is 31.9. The molecular weight excluding hydrogens is 528 g/mol. The smallest absolute Gasteiger partial charge is 0.256 e. The molecule has 0 aliphatic carbocycles. The number of hydrogen-bond acceptors (Lipinski definition) is 5. The van der Waals surface area contributed by atoms with Crippen molar-refractivity contribution in [3.8, 4) is 10.4 Å². The molecule has 9 heteroatoms. The van der Waals surface area contributed by atoms with Crippen molar-refractivity contribution in [2.45, 2.75) is 38.5 Å². The number of aliphatic hydroxyl groups is 1. The molecule has 1 amide bonds. The van der Waals surface area contributed by atoms with E-state index in [2.05, 4.69) is 34.1 Å². The van der Waals surface area contributed by atoms with Crippen LogP contribution in [0, 0.1) is 11.6 Å². The number of nitrogens with one attached hydrogen (secondary N) is 2. The molecule has 0 bridgehead atoms. The van der Waals surface area contributed by atoms with Crippen molar-refractivity contribution in [2.24, 2.45) is 0 Å². The molecule has 0 aliphatic heterocycles. The van der Waals surface area contributed by atoms with Crippen molar-refractivity contribution >= 4 is 29.0 Å². The summed E-state index contributed by atoms with van der Waals surface area (Å²) >= 11 is 7.39. The van der Waals surface area contributed by atoms with E-state index in [1.165, 1.54) is 17.7 Å². The minimum absolute atomic E-state index is 0.00441. The molecule has 0 fully saturated rings. The molecule has 0 spiro atoms. The lowest BCUT2D eigenvalue weighted by molar-refractivity contribution is 0.0830. The summed E-state index contributed by atoms with van der Waals surface area (Å²) in [6.07, 6.45) is -0.144. The number of rotatable bonds is 11. The van der Waals surface area contributed by atoms with Crippen LogP contribution in [0.5, 0.6) is 0 Å². The summed E-state index contributed by atoms with van der Waals surface area (Å²) in [6.45, 7) is 2.73. The lowest BCUT2D eigenvalue weighted by Gasteiger charge is -2.25. The van der Waals surface area contributed by atoms with Crippen LogP contribution in [-0.2, 0) is 19.4 Å². The van der Waals surface area contributed by atoms with Gasteiger partial charge in [-0.05, 0) is 58.8 Å². The number of aromatic nitrogens is 1. The van der Waals surface area contributed by atoms with Gasteiger partial charge in [0.1, 0.15) is 11.6 Å². The first kappa shape index (κ1) is 27.9. The topological polar surface area (TPSA) is 74.2 Å². The van der Waals surface area contributed by atoms with Crippen molar-refractivity contribution in [3.63, 3.8) is 0 Å². The lowest BCUT2D eigenvalue weighted by atomic mass is 9.99. The molecule has 0 radical (unpaired) electrons. The van der Waals surface area contributed by atoms with E-state index < -0.39 is 29.7 Å². The van der Waals surface area contributed by atoms with Crippen molar-refractivity contribution in [1.29, 1.82) is 0 Å².